The molecule has 0 spiro atoms. The molecule has 0 bridgehead atoms. The van der Waals surface area contributed by atoms with Gasteiger partial charge in [-0.25, -0.2) is 0 Å². The summed E-state index contributed by atoms with van der Waals surface area (Å²) in [5.74, 6) is 0.0450. The van der Waals surface area contributed by atoms with Crippen LogP contribution in [-0.2, 0) is 19.5 Å². The van der Waals surface area contributed by atoms with Gasteiger partial charge in [0.2, 0.25) is 0 Å². The number of fused-ring (bicyclic) bond motifs is 3. The lowest BCUT2D eigenvalue weighted by Gasteiger charge is -2.29. The van der Waals surface area contributed by atoms with E-state index in [4.69, 9.17) is 0 Å². The third kappa shape index (κ3) is 3.78. The summed E-state index contributed by atoms with van der Waals surface area (Å²) in [5, 5.41) is 7.73. The summed E-state index contributed by atoms with van der Waals surface area (Å²) >= 11 is 1.74. The Morgan fingerprint density at radius 2 is 1.83 bits per heavy atom. The van der Waals surface area contributed by atoms with E-state index in [-0.39, 0.29) is 12.1 Å². The molecule has 152 valence electrons. The smallest absolute Gasteiger partial charge is 0.256 e. The van der Waals surface area contributed by atoms with Crippen molar-refractivity contribution in [2.75, 3.05) is 11.9 Å². The molecule has 2 aromatic carbocycles. The van der Waals surface area contributed by atoms with E-state index < -0.39 is 0 Å². The maximum Gasteiger partial charge on any atom is 0.256 e. The van der Waals surface area contributed by atoms with Gasteiger partial charge in [-0.3, -0.25) is 9.69 Å². The Morgan fingerprint density at radius 3 is 2.60 bits per heavy atom. The fourth-order valence-electron chi connectivity index (χ4n) is 4.27. The summed E-state index contributed by atoms with van der Waals surface area (Å²) in [4.78, 5) is 16.8. The molecule has 5 heteroatoms. The van der Waals surface area contributed by atoms with Crippen LogP contribution < -0.4 is 10.6 Å². The van der Waals surface area contributed by atoms with Crippen LogP contribution in [-0.4, -0.2) is 23.5 Å². The van der Waals surface area contributed by atoms with Gasteiger partial charge in [-0.2, -0.15) is 0 Å². The predicted molar refractivity (Wildman–Crippen MR) is 124 cm³/mol. The van der Waals surface area contributed by atoms with Crippen LogP contribution >= 0.6 is 11.3 Å². The number of carbonyl (C=O) groups is 1. The second kappa shape index (κ2) is 8.09. The zero-order chi connectivity index (χ0) is 20.5. The second-order valence-corrected chi connectivity index (χ2v) is 9.11. The Morgan fingerprint density at radius 1 is 1.10 bits per heavy atom. The molecule has 2 aliphatic rings. The number of benzene rings is 2. The van der Waals surface area contributed by atoms with Gasteiger partial charge >= 0.3 is 0 Å². The number of nitrogens with one attached hydrogen (secondary N) is 2. The number of rotatable bonds is 4. The van der Waals surface area contributed by atoms with Gasteiger partial charge in [0, 0.05) is 24.5 Å². The Balaban J connectivity index is 1.35. The first-order valence-corrected chi connectivity index (χ1v) is 11.2. The summed E-state index contributed by atoms with van der Waals surface area (Å²) in [5.41, 5.74) is 5.65. The number of thiophene rings is 1. The number of carbonyl (C=O) groups excluding carboxylic acids is 1. The number of hydrogen-bond donors (Lipinski definition) is 2. The molecular formula is C25H25N3OS. The third-order valence-electron chi connectivity index (χ3n) is 5.81. The highest BCUT2D eigenvalue weighted by molar-refractivity contribution is 7.16. The highest BCUT2D eigenvalue weighted by Crippen LogP contribution is 2.39. The quantitative estimate of drug-likeness (QED) is 0.638. The van der Waals surface area contributed by atoms with Crippen LogP contribution in [0.1, 0.15) is 38.8 Å². The lowest BCUT2D eigenvalue weighted by atomic mass is 10.00. The molecule has 0 radical (unpaired) electrons. The fourth-order valence-corrected chi connectivity index (χ4v) is 5.58. The first-order chi connectivity index (χ1) is 14.7. The number of hydrogen-bond acceptors (Lipinski definition) is 4. The van der Waals surface area contributed by atoms with Crippen molar-refractivity contribution in [1.82, 2.24) is 10.2 Å². The highest BCUT2D eigenvalue weighted by atomic mass is 32.1. The molecule has 0 fully saturated rings. The molecule has 3 aromatic rings. The predicted octanol–water partition coefficient (Wildman–Crippen LogP) is 4.89. The van der Waals surface area contributed by atoms with Gasteiger partial charge in [-0.05, 0) is 35.6 Å². The Hall–Kier alpha value is -2.89. The van der Waals surface area contributed by atoms with Gasteiger partial charge in [0.15, 0.2) is 0 Å². The lowest BCUT2D eigenvalue weighted by molar-refractivity contribution is 0.0940. The zero-order valence-corrected chi connectivity index (χ0v) is 17.8. The van der Waals surface area contributed by atoms with Gasteiger partial charge in [0.25, 0.3) is 5.91 Å². The minimum absolute atomic E-state index is 0.0450. The molecule has 3 heterocycles. The van der Waals surface area contributed by atoms with Crippen LogP contribution in [0.25, 0.3) is 6.08 Å². The standard InChI is InChI=1S/C25H25N3OS/c1-17(14-18-8-4-2-5-9-18)23-26-24(29)22-20-12-13-28(15-19-10-6-3-7-11-19)16-21(20)30-25(22)27-23/h2-11,14,23,27H,12-13,15-16H2,1H3,(H,26,29)/b17-14-. The molecular weight excluding hydrogens is 390 g/mol. The van der Waals surface area contributed by atoms with E-state index in [9.17, 15) is 4.79 Å². The molecule has 4 nitrogen and oxygen atoms in total. The molecule has 1 aromatic heterocycles. The van der Waals surface area contributed by atoms with Crippen molar-refractivity contribution >= 4 is 28.3 Å². The Bertz CT molecular complexity index is 1090. The molecule has 5 rings (SSSR count). The maximum atomic E-state index is 13.0. The van der Waals surface area contributed by atoms with Crippen molar-refractivity contribution in [3.8, 4) is 0 Å². The van der Waals surface area contributed by atoms with Crippen molar-refractivity contribution in [2.45, 2.75) is 32.6 Å². The first kappa shape index (κ1) is 19.1. The summed E-state index contributed by atoms with van der Waals surface area (Å²) in [6.07, 6.45) is 2.87. The molecule has 1 amide bonds. The molecule has 0 aliphatic carbocycles. The average molecular weight is 416 g/mol. The van der Waals surface area contributed by atoms with Crippen molar-refractivity contribution < 1.29 is 4.79 Å². The van der Waals surface area contributed by atoms with Crippen LogP contribution in [0.15, 0.2) is 66.2 Å². The van der Waals surface area contributed by atoms with Gasteiger partial charge in [0.1, 0.15) is 11.2 Å². The fraction of sp³-hybridized carbons (Fsp3) is 0.240. The van der Waals surface area contributed by atoms with Gasteiger partial charge in [-0.1, -0.05) is 66.7 Å². The van der Waals surface area contributed by atoms with Crippen LogP contribution in [0.4, 0.5) is 5.00 Å². The van der Waals surface area contributed by atoms with Gasteiger partial charge < -0.3 is 10.6 Å². The summed E-state index contributed by atoms with van der Waals surface area (Å²) in [6.45, 7) is 4.89. The van der Waals surface area contributed by atoms with E-state index in [1.165, 1.54) is 16.0 Å². The monoisotopic (exact) mass is 415 g/mol. The highest BCUT2D eigenvalue weighted by Gasteiger charge is 2.33. The normalized spacial score (nSPS) is 18.9. The minimum Gasteiger partial charge on any atom is -0.353 e. The van der Waals surface area contributed by atoms with E-state index in [1.807, 2.05) is 18.2 Å². The molecule has 1 unspecified atom stereocenters. The molecule has 1 atom stereocenters. The van der Waals surface area contributed by atoms with Crippen molar-refractivity contribution in [2.24, 2.45) is 0 Å². The van der Waals surface area contributed by atoms with E-state index in [1.54, 1.807) is 11.3 Å². The van der Waals surface area contributed by atoms with Gasteiger partial charge in [0.05, 0.1) is 5.56 Å². The van der Waals surface area contributed by atoms with Crippen LogP contribution in [0.2, 0.25) is 0 Å². The van der Waals surface area contributed by atoms with Gasteiger partial charge in [-0.15, -0.1) is 11.3 Å². The minimum atomic E-state index is -0.175. The van der Waals surface area contributed by atoms with Crippen molar-refractivity contribution in [1.29, 1.82) is 0 Å². The first-order valence-electron chi connectivity index (χ1n) is 10.4. The van der Waals surface area contributed by atoms with Crippen LogP contribution in [0, 0.1) is 0 Å². The van der Waals surface area contributed by atoms with Crippen molar-refractivity contribution in [3.63, 3.8) is 0 Å². The van der Waals surface area contributed by atoms with E-state index in [0.717, 1.165) is 47.8 Å². The van der Waals surface area contributed by atoms with E-state index >= 15 is 0 Å². The number of nitrogens with zero attached hydrogens (tertiary/aromatic N) is 1. The molecule has 0 saturated carbocycles. The van der Waals surface area contributed by atoms with Crippen molar-refractivity contribution in [3.05, 3.63) is 93.4 Å². The largest absolute Gasteiger partial charge is 0.353 e. The van der Waals surface area contributed by atoms with E-state index in [2.05, 4.69) is 71.0 Å². The second-order valence-electron chi connectivity index (χ2n) is 8.00. The third-order valence-corrected chi connectivity index (χ3v) is 6.96. The van der Waals surface area contributed by atoms with E-state index in [0.29, 0.717) is 0 Å². The molecule has 2 N–H and O–H groups in total. The summed E-state index contributed by atoms with van der Waals surface area (Å²) < 4.78 is 0. The average Bonchev–Trinajstić information content (AvgIpc) is 3.13. The number of anilines is 1. The summed E-state index contributed by atoms with van der Waals surface area (Å²) in [7, 11) is 0. The zero-order valence-electron chi connectivity index (χ0n) is 17.0. The Kier molecular flexibility index (Phi) is 5.15. The summed E-state index contributed by atoms with van der Waals surface area (Å²) in [6, 6.07) is 20.8. The maximum absolute atomic E-state index is 13.0. The van der Waals surface area contributed by atoms with Crippen LogP contribution in [0.5, 0.6) is 0 Å². The van der Waals surface area contributed by atoms with Crippen LogP contribution in [0.3, 0.4) is 0 Å². The molecule has 0 saturated heterocycles. The SMILES string of the molecule is C/C(=C/c1ccccc1)C1NC(=O)c2c(sc3c2CCN(Cc2ccccc2)C3)N1. The Labute approximate surface area is 181 Å². The topological polar surface area (TPSA) is 44.4 Å². The number of amides is 1. The molecule has 2 aliphatic heterocycles. The molecule has 30 heavy (non-hydrogen) atoms. The lowest BCUT2D eigenvalue weighted by Crippen LogP contribution is -2.45.